The first-order valence-electron chi connectivity index (χ1n) is 6.73. The lowest BCUT2D eigenvalue weighted by atomic mass is 9.92. The van der Waals surface area contributed by atoms with Gasteiger partial charge >= 0.3 is 0 Å². The molecule has 1 amide bonds. The normalized spacial score (nSPS) is 12.3. The van der Waals surface area contributed by atoms with Crippen LogP contribution in [0.4, 0.5) is 10.2 Å². The van der Waals surface area contributed by atoms with Gasteiger partial charge in [0.15, 0.2) is 0 Å². The molecule has 0 bridgehead atoms. The lowest BCUT2D eigenvalue weighted by molar-refractivity contribution is -0.115. The van der Waals surface area contributed by atoms with Crippen LogP contribution in [0, 0.1) is 5.82 Å². The van der Waals surface area contributed by atoms with Crippen molar-refractivity contribution < 1.29 is 9.18 Å². The van der Waals surface area contributed by atoms with E-state index in [2.05, 4.69) is 10.4 Å². The highest BCUT2D eigenvalue weighted by atomic mass is 35.6. The molecule has 4 nitrogen and oxygen atoms in total. The van der Waals surface area contributed by atoms with Crippen LogP contribution in [0.25, 0.3) is 5.69 Å². The zero-order chi connectivity index (χ0) is 17.4. The third-order valence-corrected chi connectivity index (χ3v) is 3.54. The van der Waals surface area contributed by atoms with E-state index in [1.54, 1.807) is 18.2 Å². The van der Waals surface area contributed by atoms with Crippen LogP contribution in [0.3, 0.4) is 0 Å². The zero-order valence-electron chi connectivity index (χ0n) is 12.7. The summed E-state index contributed by atoms with van der Waals surface area (Å²) in [5.74, 6) is -0.952. The number of hydrogen-bond acceptors (Lipinski definition) is 2. The summed E-state index contributed by atoms with van der Waals surface area (Å²) in [7, 11) is 0. The molecule has 1 N–H and O–H groups in total. The Labute approximate surface area is 148 Å². The molecule has 8 heteroatoms. The van der Waals surface area contributed by atoms with Gasteiger partial charge in [0.2, 0.25) is 0 Å². The number of aromatic nitrogens is 2. The topological polar surface area (TPSA) is 46.9 Å². The lowest BCUT2D eigenvalue weighted by Crippen LogP contribution is -2.28. The maximum atomic E-state index is 13.5. The van der Waals surface area contributed by atoms with Crippen molar-refractivity contribution in [2.24, 2.45) is 0 Å². The lowest BCUT2D eigenvalue weighted by Gasteiger charge is -2.14. The van der Waals surface area contributed by atoms with Gasteiger partial charge in [-0.2, -0.15) is 5.10 Å². The number of carbonyl (C=O) groups is 1. The van der Waals surface area contributed by atoms with Crippen molar-refractivity contribution in [3.05, 3.63) is 41.8 Å². The average Bonchev–Trinajstić information content (AvgIpc) is 2.81. The van der Waals surface area contributed by atoms with E-state index >= 15 is 0 Å². The maximum absolute atomic E-state index is 13.5. The molecule has 2 rings (SSSR count). The smallest absolute Gasteiger partial charge is 0.277 e. The van der Waals surface area contributed by atoms with Crippen LogP contribution in [0.1, 0.15) is 26.5 Å². The van der Waals surface area contributed by atoms with Crippen molar-refractivity contribution in [2.45, 2.75) is 30.0 Å². The van der Waals surface area contributed by atoms with Gasteiger partial charge in [-0.25, -0.2) is 9.07 Å². The van der Waals surface area contributed by atoms with Gasteiger partial charge in [-0.05, 0) is 18.2 Å². The third-order valence-electron chi connectivity index (χ3n) is 3.03. The highest BCUT2D eigenvalue weighted by molar-refractivity contribution is 6.76. The molecule has 0 spiro atoms. The molecule has 124 valence electrons. The van der Waals surface area contributed by atoms with Crippen molar-refractivity contribution >= 4 is 46.5 Å². The number of halogens is 4. The first-order valence-corrected chi connectivity index (χ1v) is 7.86. The monoisotopic (exact) mass is 377 g/mol. The Bertz CT molecular complexity index is 732. The van der Waals surface area contributed by atoms with Gasteiger partial charge < -0.3 is 5.32 Å². The summed E-state index contributed by atoms with van der Waals surface area (Å²) in [4.78, 5) is 11.9. The minimum Gasteiger partial charge on any atom is -0.307 e. The SMILES string of the molecule is CC(C)(C)c1cc(NC(=O)C(Cl)(Cl)Cl)n(-c2cccc(F)c2)n1. The average molecular weight is 379 g/mol. The van der Waals surface area contributed by atoms with Crippen LogP contribution in [-0.4, -0.2) is 19.5 Å². The molecule has 1 aromatic carbocycles. The molecule has 0 saturated heterocycles. The predicted octanol–water partition coefficient (Wildman–Crippen LogP) is 4.62. The van der Waals surface area contributed by atoms with Crippen molar-refractivity contribution in [1.82, 2.24) is 9.78 Å². The van der Waals surface area contributed by atoms with Crippen LogP contribution in [0.2, 0.25) is 0 Å². The quantitative estimate of drug-likeness (QED) is 0.775. The molecule has 0 unspecified atom stereocenters. The van der Waals surface area contributed by atoms with E-state index in [1.165, 1.54) is 16.8 Å². The van der Waals surface area contributed by atoms with Gasteiger partial charge in [0.25, 0.3) is 9.70 Å². The minimum absolute atomic E-state index is 0.280. The number of nitrogens with one attached hydrogen (secondary N) is 1. The van der Waals surface area contributed by atoms with Gasteiger partial charge in [0.1, 0.15) is 11.6 Å². The highest BCUT2D eigenvalue weighted by Crippen LogP contribution is 2.30. The summed E-state index contributed by atoms with van der Waals surface area (Å²) in [5.41, 5.74) is 0.861. The van der Waals surface area contributed by atoms with Crippen molar-refractivity contribution in [2.75, 3.05) is 5.32 Å². The molecule has 0 aliphatic rings. The van der Waals surface area contributed by atoms with Crippen molar-refractivity contribution in [3.63, 3.8) is 0 Å². The molecule has 0 atom stereocenters. The van der Waals surface area contributed by atoms with E-state index in [9.17, 15) is 9.18 Å². The number of rotatable bonds is 2. The summed E-state index contributed by atoms with van der Waals surface area (Å²) in [5, 5.41) is 6.94. The van der Waals surface area contributed by atoms with E-state index in [0.717, 1.165) is 0 Å². The summed E-state index contributed by atoms with van der Waals surface area (Å²) in [6.45, 7) is 5.89. The molecule has 1 heterocycles. The van der Waals surface area contributed by atoms with E-state index < -0.39 is 15.5 Å². The van der Waals surface area contributed by atoms with E-state index in [-0.39, 0.29) is 11.2 Å². The maximum Gasteiger partial charge on any atom is 0.277 e. The standard InChI is InChI=1S/C15H15Cl3FN3O/c1-14(2,3)11-8-12(20-13(23)15(16,17)18)22(21-11)10-6-4-5-9(19)7-10/h4-8H,1-3H3,(H,20,23). The predicted molar refractivity (Wildman–Crippen MR) is 91.1 cm³/mol. The second kappa shape index (κ2) is 6.30. The van der Waals surface area contributed by atoms with Gasteiger partial charge in [0.05, 0.1) is 11.4 Å². The van der Waals surface area contributed by atoms with Crippen LogP contribution >= 0.6 is 34.8 Å². The van der Waals surface area contributed by atoms with Crippen LogP contribution in [-0.2, 0) is 10.2 Å². The molecule has 0 aliphatic carbocycles. The highest BCUT2D eigenvalue weighted by Gasteiger charge is 2.32. The fraction of sp³-hybridized carbons (Fsp3) is 0.333. The van der Waals surface area contributed by atoms with E-state index in [1.807, 2.05) is 20.8 Å². The first kappa shape index (κ1) is 18.0. The molecule has 0 radical (unpaired) electrons. The summed E-state index contributed by atoms with van der Waals surface area (Å²) < 4.78 is 12.8. The Morgan fingerprint density at radius 3 is 2.39 bits per heavy atom. The molecule has 23 heavy (non-hydrogen) atoms. The third kappa shape index (κ3) is 4.37. The molecular formula is C15H15Cl3FN3O. The van der Waals surface area contributed by atoms with Crippen LogP contribution in [0.5, 0.6) is 0 Å². The van der Waals surface area contributed by atoms with Crippen molar-refractivity contribution in [1.29, 1.82) is 0 Å². The van der Waals surface area contributed by atoms with Crippen LogP contribution < -0.4 is 5.32 Å². The minimum atomic E-state index is -2.11. The fourth-order valence-corrected chi connectivity index (χ4v) is 1.97. The van der Waals surface area contributed by atoms with E-state index in [0.29, 0.717) is 11.4 Å². The number of hydrogen-bond donors (Lipinski definition) is 1. The van der Waals surface area contributed by atoms with Crippen molar-refractivity contribution in [3.8, 4) is 5.69 Å². The number of carbonyl (C=O) groups excluding carboxylic acids is 1. The zero-order valence-corrected chi connectivity index (χ0v) is 15.0. The number of anilines is 1. The summed E-state index contributed by atoms with van der Waals surface area (Å²) in [6, 6.07) is 7.48. The Kier molecular flexibility index (Phi) is 4.95. The molecular weight excluding hydrogens is 364 g/mol. The van der Waals surface area contributed by atoms with Crippen LogP contribution in [0.15, 0.2) is 30.3 Å². The first-order chi connectivity index (χ1) is 10.5. The number of benzene rings is 1. The summed E-state index contributed by atoms with van der Waals surface area (Å²) >= 11 is 16.7. The molecule has 0 saturated carbocycles. The Hall–Kier alpha value is -1.30. The second-order valence-corrected chi connectivity index (χ2v) is 8.29. The molecule has 0 fully saturated rings. The van der Waals surface area contributed by atoms with Gasteiger partial charge in [-0.3, -0.25) is 4.79 Å². The molecule has 1 aromatic heterocycles. The summed E-state index contributed by atoms with van der Waals surface area (Å²) in [6.07, 6.45) is 0. The Balaban J connectivity index is 2.51. The fourth-order valence-electron chi connectivity index (χ4n) is 1.83. The van der Waals surface area contributed by atoms with Gasteiger partial charge in [0, 0.05) is 11.5 Å². The molecule has 2 aromatic rings. The second-order valence-electron chi connectivity index (χ2n) is 6.01. The van der Waals surface area contributed by atoms with Gasteiger partial charge in [-0.1, -0.05) is 61.6 Å². The number of amides is 1. The van der Waals surface area contributed by atoms with E-state index in [4.69, 9.17) is 34.8 Å². The number of nitrogens with zero attached hydrogens (tertiary/aromatic N) is 2. The Morgan fingerprint density at radius 1 is 1.22 bits per heavy atom. The largest absolute Gasteiger partial charge is 0.307 e. The van der Waals surface area contributed by atoms with Gasteiger partial charge in [-0.15, -0.1) is 0 Å². The molecule has 0 aliphatic heterocycles. The number of alkyl halides is 3. The Morgan fingerprint density at radius 2 is 1.87 bits per heavy atom.